The van der Waals surface area contributed by atoms with Crippen molar-refractivity contribution < 1.29 is 0 Å². The number of nitrogens with zero attached hydrogens (tertiary/aromatic N) is 2. The van der Waals surface area contributed by atoms with Crippen LogP contribution in [0.25, 0.3) is 0 Å². The number of hydrogen-bond acceptors (Lipinski definition) is 2. The Kier molecular flexibility index (Phi) is 6.00. The summed E-state index contributed by atoms with van der Waals surface area (Å²) in [7, 11) is 1.97. The van der Waals surface area contributed by atoms with E-state index in [2.05, 4.69) is 64.6 Å². The molecule has 0 aliphatic rings. The average Bonchev–Trinajstić information content (AvgIpc) is 2.88. The van der Waals surface area contributed by atoms with Gasteiger partial charge >= 0.3 is 0 Å². The van der Waals surface area contributed by atoms with Gasteiger partial charge in [-0.1, -0.05) is 28.9 Å². The Bertz CT molecular complexity index is 577. The van der Waals surface area contributed by atoms with Crippen LogP contribution < -0.4 is 5.32 Å². The van der Waals surface area contributed by atoms with Gasteiger partial charge in [0.1, 0.15) is 0 Å². The lowest BCUT2D eigenvalue weighted by Crippen LogP contribution is -2.23. The molecule has 21 heavy (non-hydrogen) atoms. The van der Waals surface area contributed by atoms with Crippen LogP contribution in [0.15, 0.2) is 35.1 Å². The second-order valence-electron chi connectivity index (χ2n) is 5.57. The minimum absolute atomic E-state index is 0.391. The molecule has 0 radical (unpaired) electrons. The molecule has 0 aliphatic carbocycles. The van der Waals surface area contributed by atoms with Crippen molar-refractivity contribution in [1.82, 2.24) is 15.1 Å². The Balaban J connectivity index is 2.11. The van der Waals surface area contributed by atoms with Crippen LogP contribution in [0.4, 0.5) is 0 Å². The molecular weight excluding hydrogens is 326 g/mol. The number of rotatable bonds is 7. The monoisotopic (exact) mass is 349 g/mol. The summed E-state index contributed by atoms with van der Waals surface area (Å²) in [5, 5.41) is 7.93. The Hall–Kier alpha value is -1.13. The van der Waals surface area contributed by atoms with Gasteiger partial charge in [-0.3, -0.25) is 4.68 Å². The summed E-state index contributed by atoms with van der Waals surface area (Å²) in [5.41, 5.74) is 4.04. The topological polar surface area (TPSA) is 29.9 Å². The van der Waals surface area contributed by atoms with Gasteiger partial charge in [0.25, 0.3) is 0 Å². The summed E-state index contributed by atoms with van der Waals surface area (Å²) >= 11 is 3.59. The predicted molar refractivity (Wildman–Crippen MR) is 91.4 cm³/mol. The van der Waals surface area contributed by atoms with Gasteiger partial charge in [-0.15, -0.1) is 0 Å². The molecule has 1 heterocycles. The Labute approximate surface area is 135 Å². The molecule has 0 saturated carbocycles. The Morgan fingerprint density at radius 2 is 2.19 bits per heavy atom. The Morgan fingerprint density at radius 1 is 1.38 bits per heavy atom. The highest BCUT2D eigenvalue weighted by molar-refractivity contribution is 9.10. The molecule has 0 aliphatic heterocycles. The number of aromatic nitrogens is 2. The fourth-order valence-electron chi connectivity index (χ4n) is 2.58. The summed E-state index contributed by atoms with van der Waals surface area (Å²) < 4.78 is 3.02. The average molecular weight is 350 g/mol. The van der Waals surface area contributed by atoms with Crippen LogP contribution >= 0.6 is 15.9 Å². The van der Waals surface area contributed by atoms with Crippen molar-refractivity contribution in [3.05, 3.63) is 51.8 Å². The number of aryl methyl sites for hydroxylation is 3. The van der Waals surface area contributed by atoms with E-state index in [4.69, 9.17) is 0 Å². The molecule has 4 heteroatoms. The molecule has 1 aromatic heterocycles. The highest BCUT2D eigenvalue weighted by atomic mass is 79.9. The first-order valence-corrected chi connectivity index (χ1v) is 8.36. The third-order valence-corrected chi connectivity index (χ3v) is 4.23. The molecule has 0 amide bonds. The van der Waals surface area contributed by atoms with Crippen LogP contribution in [0.2, 0.25) is 0 Å². The predicted octanol–water partition coefficient (Wildman–Crippen LogP) is 4.16. The molecule has 1 N–H and O–H groups in total. The standard InChI is InChI=1S/C17H24BrN3/c1-4-9-19-17(8-6-14-11-20-21(3)12-14)16-10-15(18)7-5-13(16)2/h5,7,10-12,17,19H,4,6,8-9H2,1-3H3. The fourth-order valence-corrected chi connectivity index (χ4v) is 2.96. The van der Waals surface area contributed by atoms with E-state index in [1.165, 1.54) is 16.7 Å². The SMILES string of the molecule is CCCNC(CCc1cnn(C)c1)c1cc(Br)ccc1C. The Morgan fingerprint density at radius 3 is 2.86 bits per heavy atom. The number of benzene rings is 1. The van der Waals surface area contributed by atoms with Gasteiger partial charge in [-0.2, -0.15) is 5.10 Å². The lowest BCUT2D eigenvalue weighted by Gasteiger charge is -2.21. The molecule has 2 rings (SSSR count). The van der Waals surface area contributed by atoms with Gasteiger partial charge < -0.3 is 5.32 Å². The van der Waals surface area contributed by atoms with Crippen LogP contribution in [-0.4, -0.2) is 16.3 Å². The quantitative estimate of drug-likeness (QED) is 0.812. The molecule has 0 bridgehead atoms. The van der Waals surface area contributed by atoms with E-state index >= 15 is 0 Å². The molecule has 0 fully saturated rings. The van der Waals surface area contributed by atoms with Crippen LogP contribution in [0.1, 0.15) is 42.5 Å². The summed E-state index contributed by atoms with van der Waals surface area (Å²) in [6.45, 7) is 5.44. The molecule has 1 unspecified atom stereocenters. The van der Waals surface area contributed by atoms with E-state index in [0.29, 0.717) is 6.04 Å². The normalized spacial score (nSPS) is 12.6. The van der Waals surface area contributed by atoms with Crippen LogP contribution in [0.5, 0.6) is 0 Å². The molecule has 1 atom stereocenters. The minimum Gasteiger partial charge on any atom is -0.310 e. The van der Waals surface area contributed by atoms with E-state index in [1.54, 1.807) is 0 Å². The smallest absolute Gasteiger partial charge is 0.0521 e. The molecule has 1 aromatic carbocycles. The molecule has 3 nitrogen and oxygen atoms in total. The summed E-state index contributed by atoms with van der Waals surface area (Å²) in [6, 6.07) is 6.93. The molecule has 0 saturated heterocycles. The number of nitrogens with one attached hydrogen (secondary N) is 1. The highest BCUT2D eigenvalue weighted by Crippen LogP contribution is 2.26. The third-order valence-electron chi connectivity index (χ3n) is 3.74. The van der Waals surface area contributed by atoms with E-state index in [-0.39, 0.29) is 0 Å². The zero-order chi connectivity index (χ0) is 15.2. The van der Waals surface area contributed by atoms with E-state index in [1.807, 2.05) is 17.9 Å². The number of halogens is 1. The van der Waals surface area contributed by atoms with Crippen molar-refractivity contribution in [1.29, 1.82) is 0 Å². The van der Waals surface area contributed by atoms with Crippen molar-refractivity contribution in [2.45, 2.75) is 39.2 Å². The van der Waals surface area contributed by atoms with Crippen molar-refractivity contribution >= 4 is 15.9 Å². The second-order valence-corrected chi connectivity index (χ2v) is 6.48. The van der Waals surface area contributed by atoms with Gasteiger partial charge in [-0.05, 0) is 61.6 Å². The second kappa shape index (κ2) is 7.76. The van der Waals surface area contributed by atoms with Crippen LogP contribution in [0, 0.1) is 6.92 Å². The summed E-state index contributed by atoms with van der Waals surface area (Å²) in [5.74, 6) is 0. The van der Waals surface area contributed by atoms with Crippen molar-refractivity contribution in [3.63, 3.8) is 0 Å². The van der Waals surface area contributed by atoms with Gasteiger partial charge in [-0.25, -0.2) is 0 Å². The van der Waals surface area contributed by atoms with Gasteiger partial charge in [0.05, 0.1) is 6.20 Å². The van der Waals surface area contributed by atoms with E-state index < -0.39 is 0 Å². The summed E-state index contributed by atoms with van der Waals surface area (Å²) in [6.07, 6.45) is 7.34. The first-order valence-electron chi connectivity index (χ1n) is 7.57. The maximum atomic E-state index is 4.25. The zero-order valence-electron chi connectivity index (χ0n) is 13.1. The van der Waals surface area contributed by atoms with Gasteiger partial charge in [0, 0.05) is 23.8 Å². The molecule has 114 valence electrons. The molecule has 2 aromatic rings. The van der Waals surface area contributed by atoms with Crippen LogP contribution in [0.3, 0.4) is 0 Å². The minimum atomic E-state index is 0.391. The number of hydrogen-bond donors (Lipinski definition) is 1. The maximum absolute atomic E-state index is 4.25. The van der Waals surface area contributed by atoms with Crippen LogP contribution in [-0.2, 0) is 13.5 Å². The summed E-state index contributed by atoms with van der Waals surface area (Å²) in [4.78, 5) is 0. The van der Waals surface area contributed by atoms with Crippen molar-refractivity contribution in [3.8, 4) is 0 Å². The third kappa shape index (κ3) is 4.68. The molecular formula is C17H24BrN3. The first-order chi connectivity index (χ1) is 10.1. The van der Waals surface area contributed by atoms with E-state index in [0.717, 1.165) is 30.3 Å². The largest absolute Gasteiger partial charge is 0.310 e. The first kappa shape index (κ1) is 16.2. The highest BCUT2D eigenvalue weighted by Gasteiger charge is 2.14. The molecule has 0 spiro atoms. The zero-order valence-corrected chi connectivity index (χ0v) is 14.7. The lowest BCUT2D eigenvalue weighted by molar-refractivity contribution is 0.497. The van der Waals surface area contributed by atoms with Crippen molar-refractivity contribution in [2.75, 3.05) is 6.54 Å². The fraction of sp³-hybridized carbons (Fsp3) is 0.471. The van der Waals surface area contributed by atoms with Crippen molar-refractivity contribution in [2.24, 2.45) is 7.05 Å². The maximum Gasteiger partial charge on any atom is 0.0521 e. The van der Waals surface area contributed by atoms with Gasteiger partial charge in [0.15, 0.2) is 0 Å². The van der Waals surface area contributed by atoms with E-state index in [9.17, 15) is 0 Å². The lowest BCUT2D eigenvalue weighted by atomic mass is 9.96. The van der Waals surface area contributed by atoms with Gasteiger partial charge in [0.2, 0.25) is 0 Å².